The molecule has 1 aliphatic rings. The number of methoxy groups -OCH3 is 1. The smallest absolute Gasteiger partial charge is 0.416 e. The zero-order valence-electron chi connectivity index (χ0n) is 20.0. The van der Waals surface area contributed by atoms with Crippen LogP contribution in [0.15, 0.2) is 18.2 Å². The molecule has 1 fully saturated rings. The van der Waals surface area contributed by atoms with E-state index in [1.165, 1.54) is 12.0 Å². The van der Waals surface area contributed by atoms with Gasteiger partial charge in [-0.1, -0.05) is 6.92 Å². The first-order valence-corrected chi connectivity index (χ1v) is 11.1. The number of amides is 1. The van der Waals surface area contributed by atoms with Crippen molar-refractivity contribution in [2.24, 2.45) is 5.41 Å². The molecule has 0 radical (unpaired) electrons. The fourth-order valence-electron chi connectivity index (χ4n) is 3.91. The monoisotopic (exact) mass is 512 g/mol. The van der Waals surface area contributed by atoms with E-state index in [1.807, 2.05) is 6.92 Å². The molecular weight excluding hydrogens is 482 g/mol. The van der Waals surface area contributed by atoms with Crippen molar-refractivity contribution in [3.8, 4) is 0 Å². The Morgan fingerprint density at radius 3 is 2.11 bits per heavy atom. The Morgan fingerprint density at radius 1 is 1.06 bits per heavy atom. The Kier molecular flexibility index (Phi) is 9.07. The zero-order valence-corrected chi connectivity index (χ0v) is 20.0. The number of halogens is 6. The molecule has 0 unspecified atom stereocenters. The SMILES string of the molecule is CC[C@@H]1C[C@H](NCc2cc(C(F)(F)F)cc(C(F)(F)F)c2)CN1C(=O)OCCC(C)(C)C(=O)OC. The first kappa shape index (κ1) is 28.7. The fraction of sp³-hybridized carbons (Fsp3) is 0.652. The maximum absolute atomic E-state index is 13.1. The highest BCUT2D eigenvalue weighted by Gasteiger charge is 2.38. The minimum absolute atomic E-state index is 0.0174. The third-order valence-electron chi connectivity index (χ3n) is 6.05. The number of carbonyl (C=O) groups excluding carboxylic acids is 2. The van der Waals surface area contributed by atoms with Gasteiger partial charge in [0, 0.05) is 25.2 Å². The summed E-state index contributed by atoms with van der Waals surface area (Å²) in [6.07, 6.45) is -9.14. The van der Waals surface area contributed by atoms with Gasteiger partial charge in [0.1, 0.15) is 0 Å². The van der Waals surface area contributed by atoms with Crippen LogP contribution in [-0.2, 0) is 33.2 Å². The largest absolute Gasteiger partial charge is 0.469 e. The Morgan fingerprint density at radius 2 is 1.63 bits per heavy atom. The lowest BCUT2D eigenvalue weighted by molar-refractivity contribution is -0.151. The van der Waals surface area contributed by atoms with Crippen LogP contribution < -0.4 is 5.32 Å². The normalized spacial score (nSPS) is 19.1. The van der Waals surface area contributed by atoms with Crippen LogP contribution in [0.3, 0.4) is 0 Å². The van der Waals surface area contributed by atoms with Gasteiger partial charge in [-0.2, -0.15) is 26.3 Å². The summed E-state index contributed by atoms with van der Waals surface area (Å²) >= 11 is 0. The van der Waals surface area contributed by atoms with Crippen LogP contribution in [0.5, 0.6) is 0 Å². The second-order valence-electron chi connectivity index (χ2n) is 9.18. The van der Waals surface area contributed by atoms with Crippen LogP contribution in [-0.4, -0.2) is 49.3 Å². The standard InChI is InChI=1S/C23H30F6N2O4/c1-5-18-11-17(13-31(18)20(33)35-7-6-21(2,3)19(32)34-4)30-12-14-8-15(22(24,25)26)10-16(9-14)23(27,28)29/h8-10,17-18,30H,5-7,11-13H2,1-4H3/t17-,18+/m0/s1. The van der Waals surface area contributed by atoms with Crippen molar-refractivity contribution >= 4 is 12.1 Å². The minimum Gasteiger partial charge on any atom is -0.469 e. The van der Waals surface area contributed by atoms with Crippen LogP contribution in [0.1, 0.15) is 56.7 Å². The molecule has 2 atom stereocenters. The summed E-state index contributed by atoms with van der Waals surface area (Å²) in [6, 6.07) is 0.905. The van der Waals surface area contributed by atoms with Crippen molar-refractivity contribution in [2.75, 3.05) is 20.3 Å². The number of nitrogens with one attached hydrogen (secondary N) is 1. The molecule has 1 aromatic rings. The van der Waals surface area contributed by atoms with E-state index in [0.29, 0.717) is 25.0 Å². The number of alkyl halides is 6. The van der Waals surface area contributed by atoms with E-state index in [2.05, 4.69) is 5.32 Å². The van der Waals surface area contributed by atoms with Gasteiger partial charge in [-0.05, 0) is 56.9 Å². The number of esters is 1. The van der Waals surface area contributed by atoms with Crippen molar-refractivity contribution < 1.29 is 45.4 Å². The third kappa shape index (κ3) is 7.74. The molecule has 6 nitrogen and oxygen atoms in total. The lowest BCUT2D eigenvalue weighted by Gasteiger charge is -2.25. The molecule has 0 saturated carbocycles. The van der Waals surface area contributed by atoms with Crippen molar-refractivity contribution in [1.82, 2.24) is 10.2 Å². The number of benzene rings is 1. The van der Waals surface area contributed by atoms with Gasteiger partial charge in [0.15, 0.2) is 0 Å². The molecule has 0 bridgehead atoms. The number of carbonyl (C=O) groups is 2. The number of ether oxygens (including phenoxy) is 2. The molecule has 1 N–H and O–H groups in total. The van der Waals surface area contributed by atoms with Crippen LogP contribution >= 0.6 is 0 Å². The van der Waals surface area contributed by atoms with E-state index in [0.717, 1.165) is 0 Å². The molecule has 1 heterocycles. The first-order chi connectivity index (χ1) is 16.1. The minimum atomic E-state index is -4.92. The second kappa shape index (κ2) is 11.0. The lowest BCUT2D eigenvalue weighted by Crippen LogP contribution is -2.38. The summed E-state index contributed by atoms with van der Waals surface area (Å²) in [5, 5.41) is 2.96. The zero-order chi connectivity index (χ0) is 26.6. The van der Waals surface area contributed by atoms with E-state index in [1.54, 1.807) is 13.8 Å². The molecule has 0 spiro atoms. The van der Waals surface area contributed by atoms with Crippen LogP contribution in [0.2, 0.25) is 0 Å². The Hall–Kier alpha value is -2.50. The quantitative estimate of drug-likeness (QED) is 0.374. The van der Waals surface area contributed by atoms with Crippen LogP contribution in [0.4, 0.5) is 31.1 Å². The summed E-state index contributed by atoms with van der Waals surface area (Å²) in [4.78, 5) is 25.8. The van der Waals surface area contributed by atoms with Gasteiger partial charge in [-0.3, -0.25) is 4.79 Å². The molecule has 2 rings (SSSR count). The van der Waals surface area contributed by atoms with Crippen LogP contribution in [0, 0.1) is 5.41 Å². The molecule has 1 aromatic carbocycles. The Labute approximate surface area is 199 Å². The van der Waals surface area contributed by atoms with Crippen LogP contribution in [0.25, 0.3) is 0 Å². The van der Waals surface area contributed by atoms with Crippen molar-refractivity contribution in [1.29, 1.82) is 0 Å². The van der Waals surface area contributed by atoms with Gasteiger partial charge in [0.25, 0.3) is 0 Å². The molecular formula is C23H30F6N2O4. The average Bonchev–Trinajstić information content (AvgIpc) is 3.19. The molecule has 1 saturated heterocycles. The molecule has 0 aliphatic carbocycles. The van der Waals surface area contributed by atoms with E-state index >= 15 is 0 Å². The number of likely N-dealkylation sites (tertiary alicyclic amines) is 1. The molecule has 0 aromatic heterocycles. The van der Waals surface area contributed by atoms with E-state index in [9.17, 15) is 35.9 Å². The van der Waals surface area contributed by atoms with Gasteiger partial charge in [0.05, 0.1) is 30.3 Å². The van der Waals surface area contributed by atoms with Gasteiger partial charge >= 0.3 is 24.4 Å². The number of nitrogens with zero attached hydrogens (tertiary/aromatic N) is 1. The van der Waals surface area contributed by atoms with Gasteiger partial charge in [0.2, 0.25) is 0 Å². The van der Waals surface area contributed by atoms with Crippen molar-refractivity contribution in [3.05, 3.63) is 34.9 Å². The number of rotatable bonds is 8. The fourth-order valence-corrected chi connectivity index (χ4v) is 3.91. The van der Waals surface area contributed by atoms with E-state index in [4.69, 9.17) is 9.47 Å². The van der Waals surface area contributed by atoms with E-state index < -0.39 is 41.0 Å². The predicted octanol–water partition coefficient (Wildman–Crippen LogP) is 5.39. The van der Waals surface area contributed by atoms with Gasteiger partial charge < -0.3 is 19.7 Å². The van der Waals surface area contributed by atoms with E-state index in [-0.39, 0.29) is 49.8 Å². The third-order valence-corrected chi connectivity index (χ3v) is 6.05. The highest BCUT2D eigenvalue weighted by molar-refractivity contribution is 5.75. The molecule has 12 heteroatoms. The summed E-state index contributed by atoms with van der Waals surface area (Å²) < 4.78 is 88.5. The second-order valence-corrected chi connectivity index (χ2v) is 9.18. The lowest BCUT2D eigenvalue weighted by atomic mass is 9.90. The molecule has 1 amide bonds. The molecule has 1 aliphatic heterocycles. The number of hydrogen-bond acceptors (Lipinski definition) is 5. The topological polar surface area (TPSA) is 67.9 Å². The number of hydrogen-bond donors (Lipinski definition) is 1. The summed E-state index contributed by atoms with van der Waals surface area (Å²) in [7, 11) is 1.27. The maximum atomic E-state index is 13.1. The summed E-state index contributed by atoms with van der Waals surface area (Å²) in [5.41, 5.74) is -3.75. The van der Waals surface area contributed by atoms with Gasteiger partial charge in [-0.25, -0.2) is 4.79 Å². The Bertz CT molecular complexity index is 869. The molecule has 198 valence electrons. The first-order valence-electron chi connectivity index (χ1n) is 11.1. The van der Waals surface area contributed by atoms with Crippen molar-refractivity contribution in [2.45, 2.75) is 71.0 Å². The summed E-state index contributed by atoms with van der Waals surface area (Å²) in [5.74, 6) is -0.436. The predicted molar refractivity (Wildman–Crippen MR) is 114 cm³/mol. The van der Waals surface area contributed by atoms with Crippen molar-refractivity contribution in [3.63, 3.8) is 0 Å². The average molecular weight is 512 g/mol. The summed E-state index contributed by atoms with van der Waals surface area (Å²) in [6.45, 7) is 5.12. The highest BCUT2D eigenvalue weighted by Crippen LogP contribution is 2.36. The highest BCUT2D eigenvalue weighted by atomic mass is 19.4. The molecule has 35 heavy (non-hydrogen) atoms. The Balaban J connectivity index is 2.01. The maximum Gasteiger partial charge on any atom is 0.416 e. The van der Waals surface area contributed by atoms with Gasteiger partial charge in [-0.15, -0.1) is 0 Å².